The molecule has 3 aromatic heterocycles. The lowest BCUT2D eigenvalue weighted by Gasteiger charge is -2.26. The van der Waals surface area contributed by atoms with Gasteiger partial charge >= 0.3 is 7.82 Å². The van der Waals surface area contributed by atoms with E-state index in [0.717, 1.165) is 19.3 Å². The van der Waals surface area contributed by atoms with Crippen molar-refractivity contribution in [1.82, 2.24) is 19.6 Å². The Morgan fingerprint density at radius 3 is 2.29 bits per heavy atom. The van der Waals surface area contributed by atoms with Crippen LogP contribution in [0.4, 0.5) is 5.82 Å². The summed E-state index contributed by atoms with van der Waals surface area (Å²) in [6.45, 7) is 1.60. The second-order valence-electron chi connectivity index (χ2n) is 14.2. The molecule has 1 aliphatic rings. The Bertz CT molecular complexity index is 1660. The number of aromatic nitrogens is 4. The highest BCUT2D eigenvalue weighted by atomic mass is 35.5. The second-order valence-corrected chi connectivity index (χ2v) is 16.1. The van der Waals surface area contributed by atoms with Gasteiger partial charge in [0.1, 0.15) is 48.9 Å². The van der Waals surface area contributed by atoms with Crippen molar-refractivity contribution in [3.05, 3.63) is 53.2 Å². The van der Waals surface area contributed by atoms with Crippen LogP contribution in [0.25, 0.3) is 5.52 Å². The molecule has 6 atom stereocenters. The van der Waals surface area contributed by atoms with E-state index in [1.165, 1.54) is 94.1 Å². The van der Waals surface area contributed by atoms with Crippen molar-refractivity contribution < 1.29 is 42.9 Å². The molecule has 0 aromatic carbocycles. The zero-order chi connectivity index (χ0) is 39.5. The van der Waals surface area contributed by atoms with Crippen LogP contribution in [-0.2, 0) is 34.4 Å². The van der Waals surface area contributed by atoms with Crippen molar-refractivity contribution >= 4 is 30.8 Å². The molecule has 4 rings (SSSR count). The van der Waals surface area contributed by atoms with Gasteiger partial charge in [-0.25, -0.2) is 14.1 Å². The van der Waals surface area contributed by atoms with E-state index < -0.39 is 51.1 Å². The average Bonchev–Trinajstić information content (AvgIpc) is 3.72. The summed E-state index contributed by atoms with van der Waals surface area (Å²) >= 11 is 6.07. The van der Waals surface area contributed by atoms with Crippen LogP contribution in [0.1, 0.15) is 121 Å². The van der Waals surface area contributed by atoms with E-state index in [9.17, 15) is 24.9 Å². The first-order valence-corrected chi connectivity index (χ1v) is 21.4. The summed E-state index contributed by atoms with van der Waals surface area (Å²) in [5.41, 5.74) is 5.06. The van der Waals surface area contributed by atoms with E-state index in [1.54, 1.807) is 30.5 Å². The van der Waals surface area contributed by atoms with Gasteiger partial charge in [-0.1, -0.05) is 108 Å². The number of fused-ring (bicyclic) bond motifs is 1. The summed E-state index contributed by atoms with van der Waals surface area (Å²) < 4.78 is 42.5. The normalized spacial score (nSPS) is 21.5. The van der Waals surface area contributed by atoms with Crippen LogP contribution >= 0.6 is 19.4 Å². The van der Waals surface area contributed by atoms with Gasteiger partial charge in [0, 0.05) is 19.0 Å². The van der Waals surface area contributed by atoms with Crippen LogP contribution < -0.4 is 5.73 Å². The number of ether oxygens (including phenoxy) is 3. The van der Waals surface area contributed by atoms with Gasteiger partial charge in [0.15, 0.2) is 5.82 Å². The fourth-order valence-electron chi connectivity index (χ4n) is 6.55. The maximum Gasteiger partial charge on any atom is 0.472 e. The van der Waals surface area contributed by atoms with Crippen molar-refractivity contribution in [2.24, 2.45) is 0 Å². The molecule has 0 radical (unpaired) electrons. The van der Waals surface area contributed by atoms with Crippen LogP contribution in [0.5, 0.6) is 0 Å². The van der Waals surface area contributed by atoms with Gasteiger partial charge in [-0.15, -0.1) is 0 Å². The SMILES string of the molecule is CCCCCCCCCCCCCCCCCOC[C@H](COP(=O)(O)OC[C@@]1(C#N)O[C@@H](c2ccc3c(N)ncnn23)[C@H](O)[C@@H]1O)OCc1cncc(Cl)c1. The summed E-state index contributed by atoms with van der Waals surface area (Å²) in [6.07, 6.45) is 17.8. The van der Waals surface area contributed by atoms with Crippen molar-refractivity contribution in [3.63, 3.8) is 0 Å². The maximum atomic E-state index is 13.0. The Labute approximate surface area is 329 Å². The number of unbranched alkanes of at least 4 members (excludes halogenated alkanes) is 14. The molecule has 15 nitrogen and oxygen atoms in total. The molecule has 1 aliphatic heterocycles. The first kappa shape index (κ1) is 45.0. The lowest BCUT2D eigenvalue weighted by atomic mass is 9.96. The van der Waals surface area contributed by atoms with Gasteiger partial charge in [0.25, 0.3) is 0 Å². The lowest BCUT2D eigenvalue weighted by molar-refractivity contribution is -0.0790. The summed E-state index contributed by atoms with van der Waals surface area (Å²) in [7, 11) is -4.84. The molecule has 4 heterocycles. The van der Waals surface area contributed by atoms with E-state index in [2.05, 4.69) is 22.0 Å². The van der Waals surface area contributed by atoms with Gasteiger partial charge in [-0.2, -0.15) is 10.4 Å². The molecule has 1 unspecified atom stereocenters. The second kappa shape index (κ2) is 23.5. The highest BCUT2D eigenvalue weighted by Gasteiger charge is 2.57. The largest absolute Gasteiger partial charge is 0.472 e. The molecule has 1 fully saturated rings. The fourth-order valence-corrected chi connectivity index (χ4v) is 7.53. The van der Waals surface area contributed by atoms with E-state index in [4.69, 9.17) is 40.6 Å². The third-order valence-electron chi connectivity index (χ3n) is 9.75. The molecule has 1 saturated heterocycles. The highest BCUT2D eigenvalue weighted by molar-refractivity contribution is 7.47. The number of anilines is 1. The summed E-state index contributed by atoms with van der Waals surface area (Å²) in [5.74, 6) is 0.171. The summed E-state index contributed by atoms with van der Waals surface area (Å²) in [4.78, 5) is 18.6. The molecular weight excluding hydrogens is 751 g/mol. The number of nitriles is 1. The Kier molecular flexibility index (Phi) is 19.2. The Morgan fingerprint density at radius 1 is 1.00 bits per heavy atom. The minimum Gasteiger partial charge on any atom is -0.387 e. The number of hydrogen-bond donors (Lipinski definition) is 4. The van der Waals surface area contributed by atoms with E-state index in [-0.39, 0.29) is 24.7 Å². The lowest BCUT2D eigenvalue weighted by Crippen LogP contribution is -2.45. The van der Waals surface area contributed by atoms with Crippen molar-refractivity contribution in [2.75, 3.05) is 32.2 Å². The first-order valence-electron chi connectivity index (χ1n) is 19.5. The van der Waals surface area contributed by atoms with Gasteiger partial charge in [-0.3, -0.25) is 14.0 Å². The predicted molar refractivity (Wildman–Crippen MR) is 207 cm³/mol. The number of aliphatic hydroxyl groups excluding tert-OH is 2. The summed E-state index contributed by atoms with van der Waals surface area (Å²) in [5, 5.41) is 36.3. The van der Waals surface area contributed by atoms with Gasteiger partial charge in [0.05, 0.1) is 30.5 Å². The highest BCUT2D eigenvalue weighted by Crippen LogP contribution is 2.47. The molecule has 0 aliphatic carbocycles. The van der Waals surface area contributed by atoms with Crippen LogP contribution in [0, 0.1) is 11.3 Å². The minimum atomic E-state index is -4.84. The number of phosphoric ester groups is 1. The number of nitrogens with two attached hydrogens (primary N) is 1. The molecule has 17 heteroatoms. The molecule has 0 bridgehead atoms. The number of phosphoric acid groups is 1. The average molecular weight is 809 g/mol. The number of nitrogen functional groups attached to an aromatic ring is 1. The standard InChI is InChI=1S/C38H58ClN6O9P/c1-2-3-4-5-6-7-8-9-10-11-12-13-14-15-16-19-50-24-31(51-23-29-20-30(39)22-42-21-29)25-52-55(48,49)53-27-38(26-40)36(47)34(46)35(54-38)32-17-18-33-37(41)43-28-44-45(32)33/h17-18,20-22,28,31,34-36,46-47H,2-16,19,23-25,27H2,1H3,(H,48,49)(H2,41,43,44)/t31-,34+,35+,36+,38-/m1/s1. The van der Waals surface area contributed by atoms with Crippen LogP contribution in [0.15, 0.2) is 36.9 Å². The number of hydrogen-bond acceptors (Lipinski definition) is 13. The molecule has 55 heavy (non-hydrogen) atoms. The quantitative estimate of drug-likeness (QED) is 0.0428. The topological polar surface area (TPSA) is 217 Å². The zero-order valence-electron chi connectivity index (χ0n) is 31.8. The first-order chi connectivity index (χ1) is 26.6. The number of rotatable bonds is 28. The third-order valence-corrected chi connectivity index (χ3v) is 10.9. The Morgan fingerprint density at radius 2 is 1.65 bits per heavy atom. The Hall–Kier alpha value is -2.74. The number of pyridine rings is 1. The van der Waals surface area contributed by atoms with Crippen LogP contribution in [0.2, 0.25) is 5.02 Å². The maximum absolute atomic E-state index is 13.0. The van der Waals surface area contributed by atoms with Gasteiger partial charge < -0.3 is 35.1 Å². The van der Waals surface area contributed by atoms with Crippen LogP contribution in [0.3, 0.4) is 0 Å². The monoisotopic (exact) mass is 808 g/mol. The Balaban J connectivity index is 1.19. The van der Waals surface area contributed by atoms with Crippen molar-refractivity contribution in [3.8, 4) is 6.07 Å². The van der Waals surface area contributed by atoms with Crippen molar-refractivity contribution in [1.29, 1.82) is 5.26 Å². The van der Waals surface area contributed by atoms with E-state index in [0.29, 0.717) is 22.7 Å². The van der Waals surface area contributed by atoms with Crippen molar-refractivity contribution in [2.45, 2.75) is 140 Å². The number of nitrogens with zero attached hydrogens (tertiary/aromatic N) is 5. The predicted octanol–water partition coefficient (Wildman–Crippen LogP) is 7.02. The van der Waals surface area contributed by atoms with E-state index in [1.807, 2.05) is 0 Å². The van der Waals surface area contributed by atoms with Crippen LogP contribution in [-0.4, -0.2) is 85.0 Å². The molecule has 0 saturated carbocycles. The number of halogens is 1. The molecule has 5 N–H and O–H groups in total. The van der Waals surface area contributed by atoms with Gasteiger partial charge in [0.2, 0.25) is 5.60 Å². The zero-order valence-corrected chi connectivity index (χ0v) is 33.5. The summed E-state index contributed by atoms with van der Waals surface area (Å²) in [6, 6.07) is 6.63. The molecular formula is C38H58ClN6O9P. The molecule has 3 aromatic rings. The van der Waals surface area contributed by atoms with Gasteiger partial charge in [-0.05, 0) is 30.2 Å². The molecule has 0 spiro atoms. The molecule has 0 amide bonds. The number of aliphatic hydroxyl groups is 2. The fraction of sp³-hybridized carbons (Fsp3) is 0.684. The third kappa shape index (κ3) is 14.3. The van der Waals surface area contributed by atoms with E-state index >= 15 is 0 Å². The smallest absolute Gasteiger partial charge is 0.387 e. The molecule has 306 valence electrons. The minimum absolute atomic E-state index is 0.0732.